The highest BCUT2D eigenvalue weighted by Crippen LogP contribution is 2.17. The van der Waals surface area contributed by atoms with Gasteiger partial charge in [0, 0.05) is 23.5 Å². The smallest absolute Gasteiger partial charge is 0.314 e. The quantitative estimate of drug-likeness (QED) is 0.477. The van der Waals surface area contributed by atoms with Crippen LogP contribution in [0.2, 0.25) is 0 Å². The number of nitro groups is 1. The van der Waals surface area contributed by atoms with Gasteiger partial charge in [-0.05, 0) is 36.6 Å². The molecule has 2 aromatic carbocycles. The Morgan fingerprint density at radius 2 is 1.64 bits per heavy atom. The first-order valence-corrected chi connectivity index (χ1v) is 7.95. The largest absolute Gasteiger partial charge is 0.318 e. The SMILES string of the molecule is CCCCc1ccc(NC(=O)C(=O)Nc2cccc([N+](=O)[O-])c2)cc1. The van der Waals surface area contributed by atoms with Crippen LogP contribution in [0.4, 0.5) is 17.1 Å². The second-order valence-corrected chi connectivity index (χ2v) is 5.52. The molecule has 0 aromatic heterocycles. The Kier molecular flexibility index (Phi) is 6.22. The molecule has 25 heavy (non-hydrogen) atoms. The summed E-state index contributed by atoms with van der Waals surface area (Å²) in [7, 11) is 0. The molecule has 7 nitrogen and oxygen atoms in total. The summed E-state index contributed by atoms with van der Waals surface area (Å²) >= 11 is 0. The van der Waals surface area contributed by atoms with Crippen molar-refractivity contribution < 1.29 is 14.5 Å². The average molecular weight is 341 g/mol. The Hall–Kier alpha value is -3.22. The second kappa shape index (κ2) is 8.58. The number of amides is 2. The Morgan fingerprint density at radius 1 is 1.00 bits per heavy atom. The molecule has 2 amide bonds. The van der Waals surface area contributed by atoms with Crippen LogP contribution >= 0.6 is 0 Å². The highest BCUT2D eigenvalue weighted by Gasteiger charge is 2.15. The molecule has 0 saturated carbocycles. The van der Waals surface area contributed by atoms with Crippen molar-refractivity contribution in [2.45, 2.75) is 26.2 Å². The number of anilines is 2. The van der Waals surface area contributed by atoms with E-state index in [4.69, 9.17) is 0 Å². The van der Waals surface area contributed by atoms with Gasteiger partial charge in [-0.15, -0.1) is 0 Å². The number of nitrogens with zero attached hydrogens (tertiary/aromatic N) is 1. The number of benzene rings is 2. The van der Waals surface area contributed by atoms with Gasteiger partial charge < -0.3 is 10.6 Å². The van der Waals surface area contributed by atoms with E-state index in [1.54, 1.807) is 12.1 Å². The molecule has 130 valence electrons. The normalized spacial score (nSPS) is 10.1. The van der Waals surface area contributed by atoms with E-state index in [-0.39, 0.29) is 11.4 Å². The van der Waals surface area contributed by atoms with Crippen molar-refractivity contribution in [3.05, 3.63) is 64.2 Å². The molecule has 0 saturated heterocycles. The molecule has 0 spiro atoms. The molecule has 0 unspecified atom stereocenters. The van der Waals surface area contributed by atoms with Crippen LogP contribution in [0.3, 0.4) is 0 Å². The summed E-state index contributed by atoms with van der Waals surface area (Å²) < 4.78 is 0. The molecule has 0 aliphatic carbocycles. The molecular formula is C18H19N3O4. The first-order valence-electron chi connectivity index (χ1n) is 7.95. The van der Waals surface area contributed by atoms with E-state index < -0.39 is 16.7 Å². The minimum Gasteiger partial charge on any atom is -0.318 e. The third kappa shape index (κ3) is 5.42. The van der Waals surface area contributed by atoms with Crippen molar-refractivity contribution in [3.8, 4) is 0 Å². The van der Waals surface area contributed by atoms with Crippen LogP contribution in [-0.2, 0) is 16.0 Å². The van der Waals surface area contributed by atoms with Crippen molar-refractivity contribution in [2.75, 3.05) is 10.6 Å². The lowest BCUT2D eigenvalue weighted by Crippen LogP contribution is -2.29. The Morgan fingerprint density at radius 3 is 2.24 bits per heavy atom. The van der Waals surface area contributed by atoms with Gasteiger partial charge in [0.1, 0.15) is 0 Å². The fourth-order valence-electron chi connectivity index (χ4n) is 2.21. The summed E-state index contributed by atoms with van der Waals surface area (Å²) in [5.74, 6) is -1.73. The number of carbonyl (C=O) groups is 2. The number of hydrogen-bond acceptors (Lipinski definition) is 4. The molecule has 0 bridgehead atoms. The summed E-state index contributed by atoms with van der Waals surface area (Å²) in [4.78, 5) is 34.0. The summed E-state index contributed by atoms with van der Waals surface area (Å²) in [5, 5.41) is 15.6. The maximum absolute atomic E-state index is 11.9. The summed E-state index contributed by atoms with van der Waals surface area (Å²) in [6.07, 6.45) is 3.17. The molecule has 0 heterocycles. The standard InChI is InChI=1S/C18H19N3O4/c1-2-3-5-13-8-10-14(11-9-13)19-17(22)18(23)20-15-6-4-7-16(12-15)21(24)25/h4,6-12H,2-3,5H2,1H3,(H,19,22)(H,20,23). The zero-order valence-electron chi connectivity index (χ0n) is 13.8. The van der Waals surface area contributed by atoms with Gasteiger partial charge in [-0.2, -0.15) is 0 Å². The molecule has 2 rings (SSSR count). The predicted octanol–water partition coefficient (Wildman–Crippen LogP) is 3.51. The van der Waals surface area contributed by atoms with E-state index in [0.29, 0.717) is 5.69 Å². The van der Waals surface area contributed by atoms with E-state index in [0.717, 1.165) is 19.3 Å². The number of rotatable bonds is 6. The zero-order chi connectivity index (χ0) is 18.2. The van der Waals surface area contributed by atoms with E-state index in [1.807, 2.05) is 12.1 Å². The molecule has 2 N–H and O–H groups in total. The van der Waals surface area contributed by atoms with Gasteiger partial charge in [0.2, 0.25) is 0 Å². The number of carbonyl (C=O) groups excluding carboxylic acids is 2. The summed E-state index contributed by atoms with van der Waals surface area (Å²) in [5.41, 5.74) is 1.70. The molecule has 0 radical (unpaired) electrons. The highest BCUT2D eigenvalue weighted by atomic mass is 16.6. The predicted molar refractivity (Wildman–Crippen MR) is 95.4 cm³/mol. The van der Waals surface area contributed by atoms with Gasteiger partial charge in [-0.1, -0.05) is 31.5 Å². The molecule has 0 fully saturated rings. The van der Waals surface area contributed by atoms with E-state index in [1.165, 1.54) is 29.8 Å². The lowest BCUT2D eigenvalue weighted by molar-refractivity contribution is -0.384. The lowest BCUT2D eigenvalue weighted by Gasteiger charge is -2.07. The number of hydrogen-bond donors (Lipinski definition) is 2. The van der Waals surface area contributed by atoms with Crippen molar-refractivity contribution in [2.24, 2.45) is 0 Å². The van der Waals surface area contributed by atoms with Crippen molar-refractivity contribution in [3.63, 3.8) is 0 Å². The van der Waals surface area contributed by atoms with Gasteiger partial charge in [0.25, 0.3) is 5.69 Å². The van der Waals surface area contributed by atoms with Gasteiger partial charge in [0.05, 0.1) is 4.92 Å². The van der Waals surface area contributed by atoms with Crippen LogP contribution in [-0.4, -0.2) is 16.7 Å². The van der Waals surface area contributed by atoms with Crippen LogP contribution in [0, 0.1) is 10.1 Å². The Balaban J connectivity index is 1.95. The van der Waals surface area contributed by atoms with Crippen LogP contribution < -0.4 is 10.6 Å². The maximum Gasteiger partial charge on any atom is 0.314 e. The molecule has 2 aromatic rings. The van der Waals surface area contributed by atoms with Crippen molar-refractivity contribution in [1.82, 2.24) is 0 Å². The fraction of sp³-hybridized carbons (Fsp3) is 0.222. The molecule has 7 heteroatoms. The minimum absolute atomic E-state index is 0.166. The first-order chi connectivity index (χ1) is 12.0. The lowest BCUT2D eigenvalue weighted by atomic mass is 10.1. The van der Waals surface area contributed by atoms with Gasteiger partial charge in [-0.25, -0.2) is 0 Å². The van der Waals surface area contributed by atoms with Crippen molar-refractivity contribution in [1.29, 1.82) is 0 Å². The zero-order valence-corrected chi connectivity index (χ0v) is 13.8. The van der Waals surface area contributed by atoms with E-state index >= 15 is 0 Å². The monoisotopic (exact) mass is 341 g/mol. The molecule has 0 aliphatic rings. The molecule has 0 atom stereocenters. The topological polar surface area (TPSA) is 101 Å². The Bertz CT molecular complexity index is 772. The average Bonchev–Trinajstić information content (AvgIpc) is 2.61. The van der Waals surface area contributed by atoms with E-state index in [2.05, 4.69) is 17.6 Å². The second-order valence-electron chi connectivity index (χ2n) is 5.52. The van der Waals surface area contributed by atoms with Crippen molar-refractivity contribution >= 4 is 28.9 Å². The molecule has 0 aliphatic heterocycles. The summed E-state index contributed by atoms with van der Waals surface area (Å²) in [6.45, 7) is 2.12. The fourth-order valence-corrected chi connectivity index (χ4v) is 2.21. The number of nitrogens with one attached hydrogen (secondary N) is 2. The first kappa shape index (κ1) is 18.1. The van der Waals surface area contributed by atoms with Crippen LogP contribution in [0.1, 0.15) is 25.3 Å². The third-order valence-corrected chi connectivity index (χ3v) is 3.55. The minimum atomic E-state index is -0.893. The number of non-ortho nitro benzene ring substituents is 1. The van der Waals surface area contributed by atoms with Crippen LogP contribution in [0.15, 0.2) is 48.5 Å². The van der Waals surface area contributed by atoms with E-state index in [9.17, 15) is 19.7 Å². The van der Waals surface area contributed by atoms with Crippen LogP contribution in [0.5, 0.6) is 0 Å². The maximum atomic E-state index is 11.9. The Labute approximate surface area is 145 Å². The number of nitro benzene ring substituents is 1. The van der Waals surface area contributed by atoms with Crippen LogP contribution in [0.25, 0.3) is 0 Å². The van der Waals surface area contributed by atoms with Gasteiger partial charge in [-0.3, -0.25) is 19.7 Å². The summed E-state index contributed by atoms with van der Waals surface area (Å²) in [6, 6.07) is 12.7. The highest BCUT2D eigenvalue weighted by molar-refractivity contribution is 6.43. The third-order valence-electron chi connectivity index (χ3n) is 3.55. The number of aryl methyl sites for hydroxylation is 1. The number of unbranched alkanes of at least 4 members (excludes halogenated alkanes) is 1. The van der Waals surface area contributed by atoms with Gasteiger partial charge >= 0.3 is 11.8 Å². The molecular weight excluding hydrogens is 322 g/mol. The van der Waals surface area contributed by atoms with Gasteiger partial charge in [0.15, 0.2) is 0 Å².